The molecule has 0 aliphatic heterocycles. The van der Waals surface area contributed by atoms with Gasteiger partial charge in [-0.3, -0.25) is 4.79 Å². The number of aliphatic hydroxyl groups excluding tert-OH is 1. The first-order valence-corrected chi connectivity index (χ1v) is 7.10. The number of carbonyl (C=O) groups excluding carboxylic acids is 1. The van der Waals surface area contributed by atoms with Crippen molar-refractivity contribution in [3.8, 4) is 11.8 Å². The molecule has 0 saturated heterocycles. The minimum Gasteiger partial charge on any atom is -0.377 e. The van der Waals surface area contributed by atoms with Crippen LogP contribution in [0, 0.1) is 11.8 Å². The van der Waals surface area contributed by atoms with E-state index >= 15 is 0 Å². The molecule has 0 aromatic heterocycles. The van der Waals surface area contributed by atoms with Gasteiger partial charge in [-0.15, -0.1) is 5.92 Å². The van der Waals surface area contributed by atoms with Crippen LogP contribution >= 0.6 is 11.8 Å². The van der Waals surface area contributed by atoms with E-state index in [1.165, 1.54) is 0 Å². The molecule has 102 valence electrons. The van der Waals surface area contributed by atoms with Crippen molar-refractivity contribution in [1.82, 2.24) is 0 Å². The van der Waals surface area contributed by atoms with Crippen LogP contribution in [-0.2, 0) is 16.1 Å². The summed E-state index contributed by atoms with van der Waals surface area (Å²) < 4.78 is 5.53. The van der Waals surface area contributed by atoms with E-state index < -0.39 is 12.2 Å². The third kappa shape index (κ3) is 5.48. The van der Waals surface area contributed by atoms with Gasteiger partial charge in [0, 0.05) is 0 Å². The zero-order chi connectivity index (χ0) is 14.1. The lowest BCUT2D eigenvalue weighted by Gasteiger charge is -2.18. The van der Waals surface area contributed by atoms with Crippen LogP contribution in [-0.4, -0.2) is 28.2 Å². The first kappa shape index (κ1) is 15.8. The van der Waals surface area contributed by atoms with Crippen molar-refractivity contribution in [3.05, 3.63) is 35.9 Å². The van der Waals surface area contributed by atoms with Gasteiger partial charge in [0.15, 0.2) is 6.10 Å². The number of thioether (sulfide) groups is 1. The quantitative estimate of drug-likeness (QED) is 0.811. The van der Waals surface area contributed by atoms with Crippen LogP contribution in [0.2, 0.25) is 0 Å². The molecule has 0 heterocycles. The molecule has 0 unspecified atom stereocenters. The molecule has 1 N–H and O–H groups in total. The van der Waals surface area contributed by atoms with Gasteiger partial charge in [-0.25, -0.2) is 0 Å². The molecule has 19 heavy (non-hydrogen) atoms. The monoisotopic (exact) mass is 278 g/mol. The zero-order valence-electron chi connectivity index (χ0n) is 11.1. The Labute approximate surface area is 118 Å². The molecule has 1 aromatic rings. The number of ether oxygens (including phenoxy) is 1. The van der Waals surface area contributed by atoms with Crippen molar-refractivity contribution < 1.29 is 14.6 Å². The molecule has 0 bridgehead atoms. The van der Waals surface area contributed by atoms with Crippen molar-refractivity contribution in [2.45, 2.75) is 32.7 Å². The average Bonchev–Trinajstić information content (AvgIpc) is 2.41. The van der Waals surface area contributed by atoms with E-state index in [-0.39, 0.29) is 11.7 Å². The lowest BCUT2D eigenvalue weighted by Crippen LogP contribution is -2.34. The van der Waals surface area contributed by atoms with Crippen molar-refractivity contribution in [3.63, 3.8) is 0 Å². The number of aliphatic hydroxyl groups is 1. The topological polar surface area (TPSA) is 46.5 Å². The highest BCUT2D eigenvalue weighted by molar-refractivity contribution is 8.13. The summed E-state index contributed by atoms with van der Waals surface area (Å²) in [5.41, 5.74) is 0.957. The van der Waals surface area contributed by atoms with Gasteiger partial charge in [0.05, 0.1) is 6.61 Å². The van der Waals surface area contributed by atoms with Crippen LogP contribution < -0.4 is 0 Å². The van der Waals surface area contributed by atoms with Crippen molar-refractivity contribution in [2.75, 3.05) is 5.75 Å². The van der Waals surface area contributed by atoms with Crippen LogP contribution in [0.3, 0.4) is 0 Å². The van der Waals surface area contributed by atoms with Crippen LogP contribution in [0.5, 0.6) is 0 Å². The highest BCUT2D eigenvalue weighted by atomic mass is 32.2. The third-order valence-corrected chi connectivity index (χ3v) is 3.18. The first-order valence-electron chi connectivity index (χ1n) is 6.11. The summed E-state index contributed by atoms with van der Waals surface area (Å²) in [6, 6.07) is 9.53. The SMILES string of the molecule is CC#C[C@@H](O)[C@@H](OCc1ccccc1)C(=O)SCC. The third-order valence-electron chi connectivity index (χ3n) is 2.37. The molecule has 0 spiro atoms. The fraction of sp³-hybridized carbons (Fsp3) is 0.400. The van der Waals surface area contributed by atoms with Crippen molar-refractivity contribution in [2.24, 2.45) is 0 Å². The zero-order valence-corrected chi connectivity index (χ0v) is 11.9. The minimum absolute atomic E-state index is 0.186. The minimum atomic E-state index is -1.08. The Morgan fingerprint density at radius 3 is 2.68 bits per heavy atom. The molecule has 0 fully saturated rings. The molecular formula is C15H18O3S. The molecule has 0 saturated carbocycles. The largest absolute Gasteiger partial charge is 0.377 e. The van der Waals surface area contributed by atoms with Crippen molar-refractivity contribution >= 4 is 16.9 Å². The van der Waals surface area contributed by atoms with Gasteiger partial charge in [0.1, 0.15) is 6.10 Å². The summed E-state index contributed by atoms with van der Waals surface area (Å²) >= 11 is 1.14. The second kappa shape index (κ2) is 8.76. The molecule has 2 atom stereocenters. The highest BCUT2D eigenvalue weighted by Gasteiger charge is 2.26. The maximum atomic E-state index is 11.9. The highest BCUT2D eigenvalue weighted by Crippen LogP contribution is 2.14. The Kier molecular flexibility index (Phi) is 7.27. The van der Waals surface area contributed by atoms with Gasteiger partial charge in [0.2, 0.25) is 5.12 Å². The van der Waals surface area contributed by atoms with Crippen LogP contribution in [0.25, 0.3) is 0 Å². The Bertz CT molecular complexity index is 447. The van der Waals surface area contributed by atoms with Crippen LogP contribution in [0.1, 0.15) is 19.4 Å². The first-order chi connectivity index (χ1) is 9.19. The smallest absolute Gasteiger partial charge is 0.221 e. The predicted octanol–water partition coefficient (Wildman–Crippen LogP) is 2.24. The molecule has 0 aliphatic carbocycles. The number of benzene rings is 1. The summed E-state index contributed by atoms with van der Waals surface area (Å²) in [7, 11) is 0. The van der Waals surface area contributed by atoms with E-state index in [0.717, 1.165) is 17.3 Å². The standard InChI is InChI=1S/C15H18O3S/c1-3-8-13(16)14(15(17)19-4-2)18-11-12-9-6-5-7-10-12/h5-7,9-10,13-14,16H,4,11H2,1-2H3/t13-,14-/m1/s1. The van der Waals surface area contributed by atoms with E-state index in [4.69, 9.17) is 4.74 Å². The molecule has 1 aromatic carbocycles. The van der Waals surface area contributed by atoms with E-state index in [1.54, 1.807) is 6.92 Å². The Balaban J connectivity index is 2.68. The number of hydrogen-bond donors (Lipinski definition) is 1. The summed E-state index contributed by atoms with van der Waals surface area (Å²) in [4.78, 5) is 11.9. The summed E-state index contributed by atoms with van der Waals surface area (Å²) in [6.07, 6.45) is -1.99. The molecule has 1 rings (SSSR count). The van der Waals surface area contributed by atoms with E-state index in [0.29, 0.717) is 5.75 Å². The van der Waals surface area contributed by atoms with Gasteiger partial charge in [-0.2, -0.15) is 0 Å². The van der Waals surface area contributed by atoms with Gasteiger partial charge >= 0.3 is 0 Å². The second-order valence-electron chi connectivity index (χ2n) is 3.81. The van der Waals surface area contributed by atoms with Crippen LogP contribution in [0.15, 0.2) is 30.3 Å². The Morgan fingerprint density at radius 1 is 1.42 bits per heavy atom. The summed E-state index contributed by atoms with van der Waals surface area (Å²) in [6.45, 7) is 3.79. The van der Waals surface area contributed by atoms with E-state index in [9.17, 15) is 9.90 Å². The Hall–Kier alpha value is -1.28. The van der Waals surface area contributed by atoms with E-state index in [1.807, 2.05) is 37.3 Å². The predicted molar refractivity (Wildman–Crippen MR) is 77.6 cm³/mol. The van der Waals surface area contributed by atoms with Gasteiger partial charge in [-0.05, 0) is 18.2 Å². The molecular weight excluding hydrogens is 260 g/mol. The normalized spacial score (nSPS) is 13.2. The number of carbonyl (C=O) groups is 1. The average molecular weight is 278 g/mol. The summed E-state index contributed by atoms with van der Waals surface area (Å²) in [5, 5.41) is 9.66. The second-order valence-corrected chi connectivity index (χ2v) is 5.08. The van der Waals surface area contributed by atoms with E-state index in [2.05, 4.69) is 11.8 Å². The Morgan fingerprint density at radius 2 is 2.11 bits per heavy atom. The fourth-order valence-electron chi connectivity index (χ4n) is 1.50. The molecule has 3 nitrogen and oxygen atoms in total. The van der Waals surface area contributed by atoms with Gasteiger partial charge in [0.25, 0.3) is 0 Å². The lowest BCUT2D eigenvalue weighted by molar-refractivity contribution is -0.127. The number of hydrogen-bond acceptors (Lipinski definition) is 4. The maximum absolute atomic E-state index is 11.9. The maximum Gasteiger partial charge on any atom is 0.221 e. The molecule has 0 aliphatic rings. The van der Waals surface area contributed by atoms with Crippen LogP contribution in [0.4, 0.5) is 0 Å². The van der Waals surface area contributed by atoms with Gasteiger partial charge < -0.3 is 9.84 Å². The van der Waals surface area contributed by atoms with Crippen molar-refractivity contribution in [1.29, 1.82) is 0 Å². The molecule has 0 amide bonds. The lowest BCUT2D eigenvalue weighted by atomic mass is 10.2. The van der Waals surface area contributed by atoms with Gasteiger partial charge in [-0.1, -0.05) is 54.9 Å². The molecule has 0 radical (unpaired) electrons. The fourth-order valence-corrected chi connectivity index (χ4v) is 2.14. The summed E-state index contributed by atoms with van der Waals surface area (Å²) in [5.74, 6) is 5.82. The number of rotatable bonds is 6. The molecule has 4 heteroatoms.